The van der Waals surface area contributed by atoms with Crippen molar-refractivity contribution in [2.75, 3.05) is 6.61 Å². The number of hydrogen-bond donors (Lipinski definition) is 0. The maximum Gasteiger partial charge on any atom is 0.338 e. The van der Waals surface area contributed by atoms with Crippen molar-refractivity contribution in [1.82, 2.24) is 14.3 Å². The first-order chi connectivity index (χ1) is 13.9. The van der Waals surface area contributed by atoms with Gasteiger partial charge < -0.3 is 4.74 Å². The maximum absolute atomic E-state index is 13.4. The van der Waals surface area contributed by atoms with E-state index in [9.17, 15) is 9.59 Å². The zero-order chi connectivity index (χ0) is 20.7. The van der Waals surface area contributed by atoms with Gasteiger partial charge in [-0.1, -0.05) is 17.4 Å². The molecule has 0 saturated heterocycles. The zero-order valence-electron chi connectivity index (χ0n) is 16.5. The highest BCUT2D eigenvalue weighted by molar-refractivity contribution is 7.10. The monoisotopic (exact) mass is 428 g/mol. The van der Waals surface area contributed by atoms with Crippen LogP contribution in [-0.2, 0) is 16.6 Å². The van der Waals surface area contributed by atoms with Crippen LogP contribution in [0.1, 0.15) is 36.0 Å². The highest BCUT2D eigenvalue weighted by atomic mass is 32.1. The fourth-order valence-electron chi connectivity index (χ4n) is 3.41. The van der Waals surface area contributed by atoms with Crippen LogP contribution in [0, 0.1) is 6.92 Å². The van der Waals surface area contributed by atoms with Gasteiger partial charge >= 0.3 is 5.97 Å². The van der Waals surface area contributed by atoms with Gasteiger partial charge in [-0.15, -0.1) is 11.3 Å². The summed E-state index contributed by atoms with van der Waals surface area (Å²) in [7, 11) is 1.84. The Morgan fingerprint density at radius 3 is 2.79 bits per heavy atom. The van der Waals surface area contributed by atoms with E-state index in [0.717, 1.165) is 16.1 Å². The fraction of sp³-hybridized carbons (Fsp3) is 0.300. The summed E-state index contributed by atoms with van der Waals surface area (Å²) >= 11 is 2.82. The molecule has 150 valence electrons. The van der Waals surface area contributed by atoms with Crippen molar-refractivity contribution in [3.63, 3.8) is 0 Å². The molecule has 0 aromatic carbocycles. The van der Waals surface area contributed by atoms with E-state index in [1.807, 2.05) is 43.8 Å². The number of fused-ring (bicyclic) bond motifs is 1. The van der Waals surface area contributed by atoms with E-state index in [0.29, 0.717) is 20.6 Å². The van der Waals surface area contributed by atoms with Gasteiger partial charge in [0.1, 0.15) is 6.04 Å². The molecule has 1 atom stereocenters. The summed E-state index contributed by atoms with van der Waals surface area (Å²) in [5.41, 5.74) is 2.53. The number of aryl methyl sites for hydroxylation is 2. The van der Waals surface area contributed by atoms with Crippen LogP contribution >= 0.6 is 22.7 Å². The summed E-state index contributed by atoms with van der Waals surface area (Å²) in [6, 6.07) is 3.30. The Labute approximate surface area is 174 Å². The second-order valence-electron chi connectivity index (χ2n) is 6.66. The average molecular weight is 429 g/mol. The minimum absolute atomic E-state index is 0.176. The first kappa shape index (κ1) is 19.5. The Hall–Kier alpha value is -2.78. The first-order valence-corrected chi connectivity index (χ1v) is 10.8. The van der Waals surface area contributed by atoms with Crippen molar-refractivity contribution in [3.8, 4) is 0 Å². The van der Waals surface area contributed by atoms with Gasteiger partial charge in [-0.2, -0.15) is 5.10 Å². The van der Waals surface area contributed by atoms with E-state index in [4.69, 9.17) is 4.74 Å². The number of ether oxygens (including phenoxy) is 1. The van der Waals surface area contributed by atoms with Crippen molar-refractivity contribution < 1.29 is 9.53 Å². The highest BCUT2D eigenvalue weighted by Gasteiger charge is 2.33. The summed E-state index contributed by atoms with van der Waals surface area (Å²) in [6.07, 6.45) is 3.71. The second-order valence-corrected chi connectivity index (χ2v) is 8.65. The molecule has 1 aliphatic heterocycles. The minimum atomic E-state index is -0.539. The summed E-state index contributed by atoms with van der Waals surface area (Å²) in [5, 5.41) is 6.27. The lowest BCUT2D eigenvalue weighted by atomic mass is 10.0. The van der Waals surface area contributed by atoms with Crippen LogP contribution in [0.2, 0.25) is 0 Å². The Morgan fingerprint density at radius 1 is 1.38 bits per heavy atom. The lowest BCUT2D eigenvalue weighted by Gasteiger charge is -2.23. The molecule has 0 radical (unpaired) electrons. The Balaban J connectivity index is 1.96. The van der Waals surface area contributed by atoms with Gasteiger partial charge in [-0.25, -0.2) is 9.79 Å². The number of carbonyl (C=O) groups is 1. The van der Waals surface area contributed by atoms with Crippen LogP contribution in [0.15, 0.2) is 44.8 Å². The minimum Gasteiger partial charge on any atom is -0.463 e. The number of hydrogen-bond acceptors (Lipinski definition) is 7. The molecule has 1 aliphatic rings. The van der Waals surface area contributed by atoms with Crippen LogP contribution < -0.4 is 14.9 Å². The van der Waals surface area contributed by atoms with Crippen LogP contribution in [0.25, 0.3) is 6.08 Å². The predicted octanol–water partition coefficient (Wildman–Crippen LogP) is 1.90. The molecule has 4 heterocycles. The third kappa shape index (κ3) is 3.40. The zero-order valence-corrected chi connectivity index (χ0v) is 18.1. The molecule has 7 nitrogen and oxygen atoms in total. The predicted molar refractivity (Wildman–Crippen MR) is 113 cm³/mol. The van der Waals surface area contributed by atoms with Crippen molar-refractivity contribution >= 4 is 34.7 Å². The summed E-state index contributed by atoms with van der Waals surface area (Å²) in [6.45, 7) is 5.71. The quantitative estimate of drug-likeness (QED) is 0.595. The van der Waals surface area contributed by atoms with Gasteiger partial charge in [0, 0.05) is 23.7 Å². The summed E-state index contributed by atoms with van der Waals surface area (Å²) in [5.74, 6) is -0.440. The van der Waals surface area contributed by atoms with Crippen LogP contribution in [0.4, 0.5) is 0 Å². The van der Waals surface area contributed by atoms with E-state index >= 15 is 0 Å². The van der Waals surface area contributed by atoms with Crippen molar-refractivity contribution in [2.24, 2.45) is 12.0 Å². The smallest absolute Gasteiger partial charge is 0.338 e. The van der Waals surface area contributed by atoms with Gasteiger partial charge in [0.25, 0.3) is 5.56 Å². The van der Waals surface area contributed by atoms with Gasteiger partial charge in [0.15, 0.2) is 4.80 Å². The molecule has 29 heavy (non-hydrogen) atoms. The molecule has 0 spiro atoms. The number of rotatable bonds is 4. The Morgan fingerprint density at radius 2 is 2.17 bits per heavy atom. The number of carbonyl (C=O) groups excluding carboxylic acids is 1. The number of esters is 1. The number of nitrogens with zero attached hydrogens (tertiary/aromatic N) is 4. The van der Waals surface area contributed by atoms with Crippen molar-refractivity contribution in [3.05, 3.63) is 70.8 Å². The van der Waals surface area contributed by atoms with Crippen molar-refractivity contribution in [1.29, 1.82) is 0 Å². The fourth-order valence-corrected chi connectivity index (χ4v) is 5.27. The molecule has 0 fully saturated rings. The Bertz CT molecular complexity index is 1290. The third-order valence-electron chi connectivity index (χ3n) is 4.67. The third-order valence-corrected chi connectivity index (χ3v) is 6.58. The molecule has 0 aliphatic carbocycles. The molecule has 1 unspecified atom stereocenters. The number of thiophene rings is 1. The normalized spacial score (nSPS) is 16.7. The SMILES string of the molecule is CCOC(=O)C1=C(C)N=c2s/c(=C/c3cn(C)nc3C)c(=O)n2C1c1cccs1. The van der Waals surface area contributed by atoms with E-state index in [-0.39, 0.29) is 12.2 Å². The maximum atomic E-state index is 13.4. The molecule has 0 amide bonds. The second kappa shape index (κ2) is 7.57. The van der Waals surface area contributed by atoms with Crippen LogP contribution in [0.3, 0.4) is 0 Å². The largest absolute Gasteiger partial charge is 0.463 e. The standard InChI is InChI=1S/C20H20N4O3S2/c1-5-27-19(26)16-12(3)21-20-24(17(16)14-7-6-8-28-14)18(25)15(29-20)9-13-10-23(4)22-11(13)2/h6-10,17H,5H2,1-4H3/b15-9+. The van der Waals surface area contributed by atoms with Gasteiger partial charge in [0.2, 0.25) is 0 Å². The first-order valence-electron chi connectivity index (χ1n) is 9.14. The van der Waals surface area contributed by atoms with E-state index in [2.05, 4.69) is 10.1 Å². The van der Waals surface area contributed by atoms with E-state index < -0.39 is 12.0 Å². The summed E-state index contributed by atoms with van der Waals surface area (Å²) < 4.78 is 9.15. The van der Waals surface area contributed by atoms with Gasteiger partial charge in [-0.3, -0.25) is 14.0 Å². The van der Waals surface area contributed by atoms with E-state index in [1.165, 1.54) is 22.7 Å². The molecule has 9 heteroatoms. The van der Waals surface area contributed by atoms with Gasteiger partial charge in [0.05, 0.1) is 28.1 Å². The lowest BCUT2D eigenvalue weighted by Crippen LogP contribution is -2.39. The topological polar surface area (TPSA) is 78.5 Å². The van der Waals surface area contributed by atoms with E-state index in [1.54, 1.807) is 23.1 Å². The molecular formula is C20H20N4O3S2. The number of thiazole rings is 1. The van der Waals surface area contributed by atoms with Gasteiger partial charge in [-0.05, 0) is 38.3 Å². The molecule has 3 aromatic heterocycles. The lowest BCUT2D eigenvalue weighted by molar-refractivity contribution is -0.139. The van der Waals surface area contributed by atoms with Crippen LogP contribution in [-0.4, -0.2) is 26.9 Å². The molecule has 0 N–H and O–H groups in total. The number of allylic oxidation sites excluding steroid dienone is 1. The summed E-state index contributed by atoms with van der Waals surface area (Å²) in [4.78, 5) is 32.1. The highest BCUT2D eigenvalue weighted by Crippen LogP contribution is 2.33. The van der Waals surface area contributed by atoms with Crippen LogP contribution in [0.5, 0.6) is 0 Å². The van der Waals surface area contributed by atoms with Crippen molar-refractivity contribution in [2.45, 2.75) is 26.8 Å². The molecule has 0 saturated carbocycles. The molecular weight excluding hydrogens is 408 g/mol. The number of aromatic nitrogens is 3. The molecule has 4 rings (SSSR count). The molecule has 0 bridgehead atoms. The Kier molecular flexibility index (Phi) is 5.10. The molecule has 3 aromatic rings. The average Bonchev–Trinajstić information content (AvgIpc) is 3.36.